The highest BCUT2D eigenvalue weighted by Crippen LogP contribution is 2.19. The molecule has 0 aliphatic heterocycles. The summed E-state index contributed by atoms with van der Waals surface area (Å²) in [4.78, 5) is 0. The summed E-state index contributed by atoms with van der Waals surface area (Å²) in [5, 5.41) is 20.1. The Morgan fingerprint density at radius 1 is 1.41 bits per heavy atom. The van der Waals surface area contributed by atoms with Gasteiger partial charge in [-0.05, 0) is 25.1 Å². The minimum absolute atomic E-state index is 0.581. The zero-order valence-electron chi connectivity index (χ0n) is 9.18. The number of nitrogens with one attached hydrogen (secondary N) is 1. The third-order valence-corrected chi connectivity index (χ3v) is 2.65. The summed E-state index contributed by atoms with van der Waals surface area (Å²) in [5.41, 5.74) is 4.27. The number of aromatic nitrogens is 4. The molecule has 3 rings (SSSR count). The second kappa shape index (κ2) is 3.46. The summed E-state index contributed by atoms with van der Waals surface area (Å²) in [6, 6.07) is 7.91. The molecule has 0 fully saturated rings. The first-order valence-electron chi connectivity index (χ1n) is 5.18. The Balaban J connectivity index is 2.18. The highest BCUT2D eigenvalue weighted by molar-refractivity contribution is 5.66. The summed E-state index contributed by atoms with van der Waals surface area (Å²) in [6.45, 7) is 1.93. The van der Waals surface area contributed by atoms with E-state index in [2.05, 4.69) is 21.4 Å². The van der Waals surface area contributed by atoms with Gasteiger partial charge in [-0.1, -0.05) is 0 Å². The van der Waals surface area contributed by atoms with Crippen molar-refractivity contribution < 1.29 is 0 Å². The van der Waals surface area contributed by atoms with E-state index in [9.17, 15) is 0 Å². The van der Waals surface area contributed by atoms with E-state index in [-0.39, 0.29) is 0 Å². The highest BCUT2D eigenvalue weighted by atomic mass is 15.2. The molecule has 0 unspecified atom stereocenters. The zero-order valence-corrected chi connectivity index (χ0v) is 9.18. The maximum absolute atomic E-state index is 8.89. The molecule has 3 heterocycles. The first-order valence-corrected chi connectivity index (χ1v) is 5.18. The van der Waals surface area contributed by atoms with E-state index in [1.54, 1.807) is 10.7 Å². The Bertz CT molecular complexity index is 729. The van der Waals surface area contributed by atoms with Crippen molar-refractivity contribution in [3.63, 3.8) is 0 Å². The molecule has 0 aliphatic carbocycles. The average molecular weight is 223 g/mol. The number of fused-ring (bicyclic) bond motifs is 1. The Hall–Kier alpha value is -2.61. The number of nitriles is 1. The molecule has 0 radical (unpaired) electrons. The normalized spacial score (nSPS) is 10.6. The van der Waals surface area contributed by atoms with Gasteiger partial charge in [0.05, 0.1) is 28.7 Å². The van der Waals surface area contributed by atoms with Crippen LogP contribution in [-0.4, -0.2) is 19.8 Å². The lowest BCUT2D eigenvalue weighted by Gasteiger charge is -1.98. The van der Waals surface area contributed by atoms with Crippen LogP contribution < -0.4 is 0 Å². The van der Waals surface area contributed by atoms with Crippen LogP contribution in [-0.2, 0) is 0 Å². The van der Waals surface area contributed by atoms with Crippen LogP contribution in [0.15, 0.2) is 30.6 Å². The van der Waals surface area contributed by atoms with E-state index in [1.807, 2.05) is 31.3 Å². The molecule has 5 heteroatoms. The largest absolute Gasteiger partial charge is 0.278 e. The molecule has 0 saturated carbocycles. The molecule has 5 nitrogen and oxygen atoms in total. The van der Waals surface area contributed by atoms with Crippen LogP contribution >= 0.6 is 0 Å². The van der Waals surface area contributed by atoms with Crippen LogP contribution in [0.4, 0.5) is 0 Å². The van der Waals surface area contributed by atoms with Crippen molar-refractivity contribution in [2.24, 2.45) is 0 Å². The summed E-state index contributed by atoms with van der Waals surface area (Å²) in [5.74, 6) is 0. The number of rotatable bonds is 1. The van der Waals surface area contributed by atoms with Crippen LogP contribution in [0.5, 0.6) is 0 Å². The van der Waals surface area contributed by atoms with Crippen molar-refractivity contribution in [1.29, 1.82) is 5.26 Å². The number of hydrogen-bond acceptors (Lipinski definition) is 3. The van der Waals surface area contributed by atoms with Crippen molar-refractivity contribution in [3.8, 4) is 17.3 Å². The van der Waals surface area contributed by atoms with Gasteiger partial charge in [0.2, 0.25) is 0 Å². The Labute approximate surface area is 97.3 Å². The number of hydrogen-bond donors (Lipinski definition) is 1. The fourth-order valence-corrected chi connectivity index (χ4v) is 1.80. The fourth-order valence-electron chi connectivity index (χ4n) is 1.80. The predicted octanol–water partition coefficient (Wildman–Crippen LogP) is 1.90. The lowest BCUT2D eigenvalue weighted by molar-refractivity contribution is 0.960. The van der Waals surface area contributed by atoms with Crippen molar-refractivity contribution >= 4 is 5.52 Å². The van der Waals surface area contributed by atoms with Crippen molar-refractivity contribution in [2.45, 2.75) is 6.92 Å². The van der Waals surface area contributed by atoms with Crippen molar-refractivity contribution in [3.05, 3.63) is 41.9 Å². The summed E-state index contributed by atoms with van der Waals surface area (Å²) < 4.78 is 1.70. The predicted molar refractivity (Wildman–Crippen MR) is 62.2 cm³/mol. The van der Waals surface area contributed by atoms with Gasteiger partial charge in [0.1, 0.15) is 6.07 Å². The van der Waals surface area contributed by atoms with Gasteiger partial charge < -0.3 is 0 Å². The van der Waals surface area contributed by atoms with Crippen LogP contribution in [0, 0.1) is 18.3 Å². The second-order valence-corrected chi connectivity index (χ2v) is 3.84. The maximum atomic E-state index is 8.89. The van der Waals surface area contributed by atoms with Gasteiger partial charge >= 0.3 is 0 Å². The zero-order chi connectivity index (χ0) is 11.8. The third-order valence-electron chi connectivity index (χ3n) is 2.65. The minimum atomic E-state index is 0.581. The molecule has 0 spiro atoms. The monoisotopic (exact) mass is 223 g/mol. The first kappa shape index (κ1) is 9.60. The maximum Gasteiger partial charge on any atom is 0.103 e. The number of H-pyrrole nitrogens is 1. The van der Waals surface area contributed by atoms with Gasteiger partial charge in [-0.2, -0.15) is 15.5 Å². The lowest BCUT2D eigenvalue weighted by Crippen LogP contribution is -1.88. The van der Waals surface area contributed by atoms with Gasteiger partial charge in [0.15, 0.2) is 0 Å². The summed E-state index contributed by atoms with van der Waals surface area (Å²) >= 11 is 0. The molecule has 0 bridgehead atoms. The number of aromatic amines is 1. The van der Waals surface area contributed by atoms with E-state index in [1.165, 1.54) is 0 Å². The quantitative estimate of drug-likeness (QED) is 0.685. The van der Waals surface area contributed by atoms with Gasteiger partial charge in [-0.3, -0.25) is 5.10 Å². The molecular weight excluding hydrogens is 214 g/mol. The molecule has 1 N–H and O–H groups in total. The third kappa shape index (κ3) is 1.47. The molecule has 17 heavy (non-hydrogen) atoms. The van der Waals surface area contributed by atoms with E-state index in [4.69, 9.17) is 5.26 Å². The van der Waals surface area contributed by atoms with Gasteiger partial charge in [-0.15, -0.1) is 0 Å². The molecule has 0 atom stereocenters. The summed E-state index contributed by atoms with van der Waals surface area (Å²) in [6.07, 6.45) is 3.44. The highest BCUT2D eigenvalue weighted by Gasteiger charge is 2.06. The fraction of sp³-hybridized carbons (Fsp3) is 0.0833. The van der Waals surface area contributed by atoms with Gasteiger partial charge in [0, 0.05) is 11.8 Å². The SMILES string of the molecule is Cc1cc(-c2ccc3c(C#N)cnn3c2)[nH]n1. The Kier molecular flexibility index (Phi) is 1.95. The standard InChI is InChI=1S/C12H9N5/c1-8-4-11(16-15-8)9-2-3-12-10(5-13)6-14-17(12)7-9/h2-4,6-7H,1H3,(H,15,16). The average Bonchev–Trinajstić information content (AvgIpc) is 2.94. The van der Waals surface area contributed by atoms with Gasteiger partial charge in [-0.25, -0.2) is 4.52 Å². The molecule has 0 saturated heterocycles. The lowest BCUT2D eigenvalue weighted by atomic mass is 10.2. The van der Waals surface area contributed by atoms with Crippen molar-refractivity contribution in [1.82, 2.24) is 19.8 Å². The molecule has 0 aliphatic rings. The molecule has 0 aromatic carbocycles. The number of nitrogens with zero attached hydrogens (tertiary/aromatic N) is 4. The smallest absolute Gasteiger partial charge is 0.103 e. The number of aryl methyl sites for hydroxylation is 1. The Morgan fingerprint density at radius 2 is 2.29 bits per heavy atom. The van der Waals surface area contributed by atoms with Crippen molar-refractivity contribution in [2.75, 3.05) is 0 Å². The first-order chi connectivity index (χ1) is 8.28. The minimum Gasteiger partial charge on any atom is -0.278 e. The summed E-state index contributed by atoms with van der Waals surface area (Å²) in [7, 11) is 0. The van der Waals surface area contributed by atoms with Crippen LogP contribution in [0.2, 0.25) is 0 Å². The van der Waals surface area contributed by atoms with Crippen LogP contribution in [0.25, 0.3) is 16.8 Å². The van der Waals surface area contributed by atoms with E-state index in [0.29, 0.717) is 5.56 Å². The van der Waals surface area contributed by atoms with Crippen LogP contribution in [0.1, 0.15) is 11.3 Å². The number of pyridine rings is 1. The second-order valence-electron chi connectivity index (χ2n) is 3.84. The van der Waals surface area contributed by atoms with Crippen LogP contribution in [0.3, 0.4) is 0 Å². The molecular formula is C12H9N5. The Morgan fingerprint density at radius 3 is 3.00 bits per heavy atom. The van der Waals surface area contributed by atoms with E-state index in [0.717, 1.165) is 22.5 Å². The van der Waals surface area contributed by atoms with Gasteiger partial charge in [0.25, 0.3) is 0 Å². The molecule has 0 amide bonds. The topological polar surface area (TPSA) is 69.8 Å². The molecule has 3 aromatic heterocycles. The van der Waals surface area contributed by atoms with E-state index < -0.39 is 0 Å². The molecule has 82 valence electrons. The van der Waals surface area contributed by atoms with E-state index >= 15 is 0 Å². The molecule has 3 aromatic rings.